The molecule has 2 aromatic rings. The van der Waals surface area contributed by atoms with Crippen LogP contribution in [0.2, 0.25) is 0 Å². The lowest BCUT2D eigenvalue weighted by Gasteiger charge is -2.26. The molecular weight excluding hydrogens is 404 g/mol. The number of ketones is 1. The van der Waals surface area contributed by atoms with Crippen molar-refractivity contribution in [3.63, 3.8) is 0 Å². The summed E-state index contributed by atoms with van der Waals surface area (Å²) in [7, 11) is 3.83. The smallest absolute Gasteiger partial charge is 0.295 e. The number of nitrogens with zero attached hydrogens (tertiary/aromatic N) is 2. The maximum atomic E-state index is 13.1. The first-order valence-corrected chi connectivity index (χ1v) is 10.6. The van der Waals surface area contributed by atoms with Crippen molar-refractivity contribution < 1.29 is 19.4 Å². The number of Topliss-reactive ketones (excluding diaryl/α,β-unsaturated/α-hetero) is 1. The standard InChI is InChI=1S/C26H30N2O4/c1-6-15-32-20-11-12-21(18(3)16-20)24(29)22-23(19-9-7-17(2)8-10-19)28(14-13-27(4)5)26(31)25(22)30/h6-12,16,23,29H,1,13-15H2,2-5H3. The molecule has 1 aliphatic rings. The molecule has 2 aromatic carbocycles. The van der Waals surface area contributed by atoms with E-state index in [1.54, 1.807) is 29.2 Å². The number of aliphatic hydroxyl groups is 1. The molecule has 0 spiro atoms. The maximum absolute atomic E-state index is 13.1. The van der Waals surface area contributed by atoms with Crippen molar-refractivity contribution in [1.29, 1.82) is 0 Å². The molecule has 0 saturated carbocycles. The number of likely N-dealkylation sites (tertiary alicyclic amines) is 1. The average Bonchev–Trinajstić information content (AvgIpc) is 3.01. The molecular formula is C26H30N2O4. The number of benzene rings is 2. The third-order valence-electron chi connectivity index (χ3n) is 5.54. The lowest BCUT2D eigenvalue weighted by atomic mass is 9.93. The zero-order valence-electron chi connectivity index (χ0n) is 19.1. The fourth-order valence-electron chi connectivity index (χ4n) is 3.81. The molecule has 1 unspecified atom stereocenters. The first-order valence-electron chi connectivity index (χ1n) is 10.6. The average molecular weight is 435 g/mol. The van der Waals surface area contributed by atoms with Gasteiger partial charge in [-0.1, -0.05) is 42.5 Å². The second kappa shape index (κ2) is 9.83. The number of aryl methyl sites for hydroxylation is 2. The molecule has 0 bridgehead atoms. The Labute approximate surface area is 189 Å². The number of hydrogen-bond acceptors (Lipinski definition) is 5. The zero-order chi connectivity index (χ0) is 23.4. The molecule has 1 heterocycles. The van der Waals surface area contributed by atoms with Gasteiger partial charge in [0.15, 0.2) is 0 Å². The summed E-state index contributed by atoms with van der Waals surface area (Å²) >= 11 is 0. The lowest BCUT2D eigenvalue weighted by Crippen LogP contribution is -2.35. The van der Waals surface area contributed by atoms with Crippen LogP contribution in [0.25, 0.3) is 5.76 Å². The molecule has 1 N–H and O–H groups in total. The maximum Gasteiger partial charge on any atom is 0.295 e. The fourth-order valence-corrected chi connectivity index (χ4v) is 3.81. The van der Waals surface area contributed by atoms with Crippen molar-refractivity contribution >= 4 is 17.4 Å². The fraction of sp³-hybridized carbons (Fsp3) is 0.308. The molecule has 32 heavy (non-hydrogen) atoms. The van der Waals surface area contributed by atoms with Gasteiger partial charge in [-0.15, -0.1) is 0 Å². The first-order chi connectivity index (χ1) is 15.2. The largest absolute Gasteiger partial charge is 0.507 e. The van der Waals surface area contributed by atoms with E-state index in [0.717, 1.165) is 16.7 Å². The van der Waals surface area contributed by atoms with Gasteiger partial charge in [0.1, 0.15) is 18.1 Å². The third kappa shape index (κ3) is 4.75. The number of carbonyl (C=O) groups excluding carboxylic acids is 2. The molecule has 0 aromatic heterocycles. The Hall–Kier alpha value is -3.38. The van der Waals surface area contributed by atoms with Crippen LogP contribution in [0.15, 0.2) is 60.7 Å². The van der Waals surface area contributed by atoms with Gasteiger partial charge in [0.25, 0.3) is 11.7 Å². The number of carbonyl (C=O) groups is 2. The summed E-state index contributed by atoms with van der Waals surface area (Å²) in [4.78, 5) is 29.5. The third-order valence-corrected chi connectivity index (χ3v) is 5.54. The quantitative estimate of drug-likeness (QED) is 0.296. The first kappa shape index (κ1) is 23.3. The Morgan fingerprint density at radius 3 is 2.44 bits per heavy atom. The van der Waals surface area contributed by atoms with Crippen LogP contribution in [0, 0.1) is 13.8 Å². The number of amides is 1. The van der Waals surface area contributed by atoms with Crippen LogP contribution in [-0.2, 0) is 9.59 Å². The van der Waals surface area contributed by atoms with Gasteiger partial charge in [0, 0.05) is 18.7 Å². The Balaban J connectivity index is 2.11. The van der Waals surface area contributed by atoms with Crippen LogP contribution in [0.3, 0.4) is 0 Å². The van der Waals surface area contributed by atoms with Crippen molar-refractivity contribution in [2.24, 2.45) is 0 Å². The van der Waals surface area contributed by atoms with Gasteiger partial charge >= 0.3 is 0 Å². The Kier molecular flexibility index (Phi) is 7.15. The van der Waals surface area contributed by atoms with Crippen LogP contribution in [0.4, 0.5) is 0 Å². The van der Waals surface area contributed by atoms with E-state index in [9.17, 15) is 14.7 Å². The Bertz CT molecular complexity index is 1050. The number of rotatable bonds is 8. The van der Waals surface area contributed by atoms with E-state index >= 15 is 0 Å². The van der Waals surface area contributed by atoms with Gasteiger partial charge in [0.05, 0.1) is 11.6 Å². The summed E-state index contributed by atoms with van der Waals surface area (Å²) in [6.07, 6.45) is 1.65. The molecule has 3 rings (SSSR count). The highest BCUT2D eigenvalue weighted by Gasteiger charge is 2.46. The summed E-state index contributed by atoms with van der Waals surface area (Å²) in [5, 5.41) is 11.3. The van der Waals surface area contributed by atoms with Gasteiger partial charge in [0.2, 0.25) is 0 Å². The highest BCUT2D eigenvalue weighted by molar-refractivity contribution is 6.46. The number of aliphatic hydroxyl groups excluding tert-OH is 1. The van der Waals surface area contributed by atoms with E-state index in [0.29, 0.717) is 31.0 Å². The summed E-state index contributed by atoms with van der Waals surface area (Å²) in [6.45, 7) is 8.79. The predicted molar refractivity (Wildman–Crippen MR) is 126 cm³/mol. The van der Waals surface area contributed by atoms with E-state index in [4.69, 9.17) is 4.74 Å². The van der Waals surface area contributed by atoms with E-state index in [2.05, 4.69) is 6.58 Å². The van der Waals surface area contributed by atoms with Crippen molar-refractivity contribution in [3.8, 4) is 5.75 Å². The van der Waals surface area contributed by atoms with Crippen molar-refractivity contribution in [2.75, 3.05) is 33.8 Å². The number of hydrogen-bond donors (Lipinski definition) is 1. The van der Waals surface area contributed by atoms with Gasteiger partial charge in [-0.05, 0) is 57.3 Å². The Morgan fingerprint density at radius 1 is 1.16 bits per heavy atom. The monoisotopic (exact) mass is 434 g/mol. The van der Waals surface area contributed by atoms with E-state index < -0.39 is 17.7 Å². The molecule has 1 fully saturated rings. The van der Waals surface area contributed by atoms with E-state index in [-0.39, 0.29) is 11.3 Å². The minimum atomic E-state index is -0.668. The topological polar surface area (TPSA) is 70.1 Å². The summed E-state index contributed by atoms with van der Waals surface area (Å²) in [5.41, 5.74) is 3.22. The van der Waals surface area contributed by atoms with Gasteiger partial charge in [-0.3, -0.25) is 9.59 Å². The predicted octanol–water partition coefficient (Wildman–Crippen LogP) is 3.85. The summed E-state index contributed by atoms with van der Waals surface area (Å²) < 4.78 is 5.56. The van der Waals surface area contributed by atoms with Crippen LogP contribution in [0.1, 0.15) is 28.3 Å². The molecule has 6 nitrogen and oxygen atoms in total. The number of likely N-dealkylation sites (N-methyl/N-ethyl adjacent to an activating group) is 1. The minimum Gasteiger partial charge on any atom is -0.507 e. The zero-order valence-corrected chi connectivity index (χ0v) is 19.1. The van der Waals surface area contributed by atoms with Gasteiger partial charge in [-0.25, -0.2) is 0 Å². The molecule has 168 valence electrons. The molecule has 1 saturated heterocycles. The molecule has 6 heteroatoms. The van der Waals surface area contributed by atoms with Crippen LogP contribution in [-0.4, -0.2) is 60.4 Å². The SMILES string of the molecule is C=CCOc1ccc(C(O)=C2C(=O)C(=O)N(CCN(C)C)C2c2ccc(C)cc2)c(C)c1. The van der Waals surface area contributed by atoms with Crippen molar-refractivity contribution in [3.05, 3.63) is 82.9 Å². The van der Waals surface area contributed by atoms with E-state index in [1.807, 2.05) is 57.1 Å². The van der Waals surface area contributed by atoms with Crippen LogP contribution >= 0.6 is 0 Å². The highest BCUT2D eigenvalue weighted by atomic mass is 16.5. The van der Waals surface area contributed by atoms with E-state index in [1.165, 1.54) is 0 Å². The van der Waals surface area contributed by atoms with Gasteiger partial charge < -0.3 is 19.6 Å². The van der Waals surface area contributed by atoms with Gasteiger partial charge in [-0.2, -0.15) is 0 Å². The lowest BCUT2D eigenvalue weighted by molar-refractivity contribution is -0.140. The summed E-state index contributed by atoms with van der Waals surface area (Å²) in [6, 6.07) is 12.3. The minimum absolute atomic E-state index is 0.112. The molecule has 1 amide bonds. The highest BCUT2D eigenvalue weighted by Crippen LogP contribution is 2.40. The molecule has 0 radical (unpaired) electrons. The second-order valence-corrected chi connectivity index (χ2v) is 8.28. The number of ether oxygens (including phenoxy) is 1. The summed E-state index contributed by atoms with van der Waals surface area (Å²) in [5.74, 6) is -0.796. The Morgan fingerprint density at radius 2 is 1.84 bits per heavy atom. The molecule has 1 atom stereocenters. The van der Waals surface area contributed by atoms with Crippen LogP contribution in [0.5, 0.6) is 5.75 Å². The second-order valence-electron chi connectivity index (χ2n) is 8.28. The normalized spacial score (nSPS) is 17.8. The van der Waals surface area contributed by atoms with Crippen LogP contribution < -0.4 is 4.74 Å². The molecule has 1 aliphatic heterocycles. The molecule has 0 aliphatic carbocycles. The van der Waals surface area contributed by atoms with Crippen molar-refractivity contribution in [2.45, 2.75) is 19.9 Å². The van der Waals surface area contributed by atoms with Crippen molar-refractivity contribution in [1.82, 2.24) is 9.80 Å².